The summed E-state index contributed by atoms with van der Waals surface area (Å²) in [6, 6.07) is 2.77. The molecule has 0 amide bonds. The Kier molecular flexibility index (Phi) is 5.13. The highest BCUT2D eigenvalue weighted by atomic mass is 32.2. The van der Waals surface area contributed by atoms with E-state index in [1.807, 2.05) is 18.9 Å². The van der Waals surface area contributed by atoms with Gasteiger partial charge in [0.25, 0.3) is 10.0 Å². The van der Waals surface area contributed by atoms with Crippen LogP contribution in [0.15, 0.2) is 21.6 Å². The quantitative estimate of drug-likeness (QED) is 0.723. The summed E-state index contributed by atoms with van der Waals surface area (Å²) in [5, 5.41) is 8.62. The fraction of sp³-hybridized carbons (Fsp3) is 0.600. The van der Waals surface area contributed by atoms with Crippen molar-refractivity contribution in [3.05, 3.63) is 17.9 Å². The molecule has 0 aliphatic heterocycles. The summed E-state index contributed by atoms with van der Waals surface area (Å²) in [7, 11) is -1.70. The van der Waals surface area contributed by atoms with Crippen molar-refractivity contribution in [2.24, 2.45) is 0 Å². The van der Waals surface area contributed by atoms with Gasteiger partial charge >= 0.3 is 0 Å². The van der Waals surface area contributed by atoms with Gasteiger partial charge in [0, 0.05) is 13.1 Å². The Morgan fingerprint density at radius 2 is 2.18 bits per heavy atom. The molecule has 0 unspecified atom stereocenters. The molecular formula is C10H18N2O4S. The average Bonchev–Trinajstić information content (AvgIpc) is 2.77. The van der Waals surface area contributed by atoms with Crippen LogP contribution in [-0.2, 0) is 16.6 Å². The van der Waals surface area contributed by atoms with Crippen molar-refractivity contribution in [3.63, 3.8) is 0 Å². The minimum atomic E-state index is -3.61. The van der Waals surface area contributed by atoms with E-state index >= 15 is 0 Å². The fourth-order valence-electron chi connectivity index (χ4n) is 1.19. The van der Waals surface area contributed by atoms with Crippen LogP contribution in [0.5, 0.6) is 0 Å². The van der Waals surface area contributed by atoms with Gasteiger partial charge < -0.3 is 14.4 Å². The molecule has 0 aliphatic rings. The van der Waals surface area contributed by atoms with E-state index in [9.17, 15) is 8.42 Å². The lowest BCUT2D eigenvalue weighted by Gasteiger charge is -2.13. The second kappa shape index (κ2) is 6.15. The van der Waals surface area contributed by atoms with Crippen molar-refractivity contribution in [2.75, 3.05) is 26.7 Å². The number of nitrogens with one attached hydrogen (secondary N) is 1. The van der Waals surface area contributed by atoms with Crippen molar-refractivity contribution in [1.82, 2.24) is 9.62 Å². The van der Waals surface area contributed by atoms with Crippen LogP contribution in [0.2, 0.25) is 0 Å². The molecule has 17 heavy (non-hydrogen) atoms. The van der Waals surface area contributed by atoms with Crippen LogP contribution >= 0.6 is 0 Å². The minimum absolute atomic E-state index is 0.166. The van der Waals surface area contributed by atoms with Crippen LogP contribution in [0.3, 0.4) is 0 Å². The Bertz CT molecular complexity index is 441. The summed E-state index contributed by atoms with van der Waals surface area (Å²) in [5.41, 5.74) is 0. The summed E-state index contributed by atoms with van der Waals surface area (Å²) in [6.07, 6.45) is 0. The maximum atomic E-state index is 11.7. The summed E-state index contributed by atoms with van der Waals surface area (Å²) >= 11 is 0. The molecule has 1 aromatic rings. The molecule has 0 atom stereocenters. The van der Waals surface area contributed by atoms with E-state index in [2.05, 4.69) is 4.72 Å². The largest absolute Gasteiger partial charge is 0.446 e. The standard InChI is InChI=1S/C10H18N2O4S/c1-3-12(2)7-6-11-17(14,15)10-5-4-9(8-13)16-10/h4-5,11,13H,3,6-8H2,1-2H3. The number of hydrogen-bond donors (Lipinski definition) is 2. The predicted octanol–water partition coefficient (Wildman–Crippen LogP) is 0.00190. The molecule has 7 heteroatoms. The number of hydrogen-bond acceptors (Lipinski definition) is 5. The van der Waals surface area contributed by atoms with E-state index in [0.717, 1.165) is 6.54 Å². The molecule has 0 fully saturated rings. The maximum absolute atomic E-state index is 11.7. The zero-order valence-electron chi connectivity index (χ0n) is 10.0. The number of aliphatic hydroxyl groups excluding tert-OH is 1. The summed E-state index contributed by atoms with van der Waals surface area (Å²) in [4.78, 5) is 1.99. The van der Waals surface area contributed by atoms with E-state index in [1.165, 1.54) is 12.1 Å². The Morgan fingerprint density at radius 3 is 2.71 bits per heavy atom. The lowest BCUT2D eigenvalue weighted by molar-refractivity contribution is 0.236. The van der Waals surface area contributed by atoms with Gasteiger partial charge in [0.1, 0.15) is 12.4 Å². The normalized spacial score (nSPS) is 12.2. The summed E-state index contributed by atoms with van der Waals surface area (Å²) in [5.74, 6) is 0.232. The van der Waals surface area contributed by atoms with Crippen LogP contribution < -0.4 is 4.72 Å². The zero-order valence-corrected chi connectivity index (χ0v) is 10.8. The summed E-state index contributed by atoms with van der Waals surface area (Å²) in [6.45, 7) is 3.49. The highest BCUT2D eigenvalue weighted by molar-refractivity contribution is 7.89. The van der Waals surface area contributed by atoms with Crippen molar-refractivity contribution in [3.8, 4) is 0 Å². The molecule has 1 heterocycles. The van der Waals surface area contributed by atoms with Crippen molar-refractivity contribution >= 4 is 10.0 Å². The number of furan rings is 1. The van der Waals surface area contributed by atoms with Gasteiger partial charge in [-0.15, -0.1) is 0 Å². The minimum Gasteiger partial charge on any atom is -0.446 e. The van der Waals surface area contributed by atoms with E-state index < -0.39 is 10.0 Å². The van der Waals surface area contributed by atoms with Gasteiger partial charge in [-0.05, 0) is 25.7 Å². The topological polar surface area (TPSA) is 82.8 Å². The third kappa shape index (κ3) is 4.12. The van der Waals surface area contributed by atoms with Gasteiger partial charge in [-0.1, -0.05) is 6.92 Å². The highest BCUT2D eigenvalue weighted by Crippen LogP contribution is 2.13. The molecule has 6 nitrogen and oxygen atoms in total. The maximum Gasteiger partial charge on any atom is 0.274 e. The molecule has 0 radical (unpaired) electrons. The summed E-state index contributed by atoms with van der Waals surface area (Å²) < 4.78 is 30.9. The second-order valence-electron chi connectivity index (χ2n) is 3.67. The van der Waals surface area contributed by atoms with Crippen molar-refractivity contribution in [2.45, 2.75) is 18.6 Å². The number of sulfonamides is 1. The number of likely N-dealkylation sites (N-methyl/N-ethyl adjacent to an activating group) is 1. The zero-order chi connectivity index (χ0) is 12.9. The third-order valence-corrected chi connectivity index (χ3v) is 3.72. The lowest BCUT2D eigenvalue weighted by atomic mass is 10.5. The van der Waals surface area contributed by atoms with Crippen LogP contribution in [0.1, 0.15) is 12.7 Å². The number of rotatable bonds is 7. The first kappa shape index (κ1) is 14.2. The Balaban J connectivity index is 2.56. The molecule has 98 valence electrons. The van der Waals surface area contributed by atoms with Gasteiger partial charge in [-0.25, -0.2) is 13.1 Å². The predicted molar refractivity (Wildman–Crippen MR) is 63.0 cm³/mol. The Hall–Kier alpha value is -0.890. The van der Waals surface area contributed by atoms with Gasteiger partial charge in [-0.2, -0.15) is 0 Å². The van der Waals surface area contributed by atoms with E-state index in [-0.39, 0.29) is 17.5 Å². The SMILES string of the molecule is CCN(C)CCNS(=O)(=O)c1ccc(CO)o1. The Morgan fingerprint density at radius 1 is 1.47 bits per heavy atom. The van der Waals surface area contributed by atoms with Crippen LogP contribution in [0, 0.1) is 0 Å². The molecule has 0 aliphatic carbocycles. The van der Waals surface area contributed by atoms with Gasteiger partial charge in [-0.3, -0.25) is 0 Å². The van der Waals surface area contributed by atoms with Gasteiger partial charge in [0.05, 0.1) is 0 Å². The fourth-order valence-corrected chi connectivity index (χ4v) is 2.15. The second-order valence-corrected chi connectivity index (χ2v) is 5.37. The van der Waals surface area contributed by atoms with E-state index in [4.69, 9.17) is 9.52 Å². The van der Waals surface area contributed by atoms with Crippen LogP contribution in [0.25, 0.3) is 0 Å². The van der Waals surface area contributed by atoms with E-state index in [1.54, 1.807) is 0 Å². The Labute approximate surface area is 101 Å². The molecule has 0 aromatic carbocycles. The first-order valence-electron chi connectivity index (χ1n) is 5.37. The molecular weight excluding hydrogens is 244 g/mol. The van der Waals surface area contributed by atoms with Gasteiger partial charge in [0.2, 0.25) is 5.09 Å². The number of aliphatic hydroxyl groups is 1. The number of nitrogens with zero attached hydrogens (tertiary/aromatic N) is 1. The molecule has 0 saturated carbocycles. The van der Waals surface area contributed by atoms with Crippen LogP contribution in [-0.4, -0.2) is 45.1 Å². The smallest absolute Gasteiger partial charge is 0.274 e. The van der Waals surface area contributed by atoms with Crippen LogP contribution in [0.4, 0.5) is 0 Å². The molecule has 1 rings (SSSR count). The lowest BCUT2D eigenvalue weighted by Crippen LogP contribution is -2.32. The third-order valence-electron chi connectivity index (χ3n) is 2.38. The molecule has 2 N–H and O–H groups in total. The molecule has 0 spiro atoms. The average molecular weight is 262 g/mol. The van der Waals surface area contributed by atoms with Crippen molar-refractivity contribution < 1.29 is 17.9 Å². The van der Waals surface area contributed by atoms with E-state index in [0.29, 0.717) is 13.1 Å². The van der Waals surface area contributed by atoms with Crippen molar-refractivity contribution in [1.29, 1.82) is 0 Å². The molecule has 0 saturated heterocycles. The highest BCUT2D eigenvalue weighted by Gasteiger charge is 2.17. The first-order chi connectivity index (χ1) is 7.99. The molecule has 0 bridgehead atoms. The monoisotopic (exact) mass is 262 g/mol. The molecule has 1 aromatic heterocycles. The van der Waals surface area contributed by atoms with Gasteiger partial charge in [0.15, 0.2) is 0 Å². The first-order valence-corrected chi connectivity index (χ1v) is 6.85.